The smallest absolute Gasteiger partial charge is 0.264 e. The van der Waals surface area contributed by atoms with Gasteiger partial charge in [0.25, 0.3) is 5.69 Å². The van der Waals surface area contributed by atoms with E-state index in [2.05, 4.69) is 0 Å². The minimum Gasteiger partial charge on any atom is -0.285 e. The van der Waals surface area contributed by atoms with Crippen LogP contribution >= 0.6 is 0 Å². The molecule has 0 bridgehead atoms. The summed E-state index contributed by atoms with van der Waals surface area (Å²) in [7, 11) is 0. The van der Waals surface area contributed by atoms with Crippen molar-refractivity contribution in [3.63, 3.8) is 0 Å². The Morgan fingerprint density at radius 2 is 1.57 bits per heavy atom. The Morgan fingerprint density at radius 1 is 1.00 bits per heavy atom. The van der Waals surface area contributed by atoms with Gasteiger partial charge in [0.15, 0.2) is 0 Å². The van der Waals surface area contributed by atoms with Crippen LogP contribution in [-0.4, -0.2) is 10.3 Å². The highest BCUT2D eigenvalue weighted by molar-refractivity contribution is 5.58. The second-order valence-electron chi connectivity index (χ2n) is 6.61. The second-order valence-corrected chi connectivity index (χ2v) is 6.61. The summed E-state index contributed by atoms with van der Waals surface area (Å²) in [4.78, 5) is 0. The third-order valence-electron chi connectivity index (χ3n) is 4.47. The molecule has 2 heterocycles. The quantitative estimate of drug-likeness (QED) is 0.646. The van der Waals surface area contributed by atoms with Crippen molar-refractivity contribution in [2.75, 3.05) is 0 Å². The van der Waals surface area contributed by atoms with Gasteiger partial charge in [0, 0.05) is 16.4 Å². The first-order valence-electron chi connectivity index (χ1n) is 7.09. The standard InChI is InChI=1S/C17H20N2O2/c1-16(2)13-10-15(12-8-6-5-7-9-12)18(20)11-14(13)17(3,4)19(16)21/h5-11,20H,1-4H3/q+1. The predicted molar refractivity (Wildman–Crippen MR) is 77.8 cm³/mol. The Bertz CT molecular complexity index is 693. The van der Waals surface area contributed by atoms with Crippen molar-refractivity contribution in [2.24, 2.45) is 0 Å². The van der Waals surface area contributed by atoms with Crippen LogP contribution in [0, 0.1) is 0 Å². The van der Waals surface area contributed by atoms with Gasteiger partial charge in [-0.05, 0) is 45.4 Å². The number of benzene rings is 1. The van der Waals surface area contributed by atoms with E-state index in [1.165, 1.54) is 0 Å². The molecule has 0 fully saturated rings. The van der Waals surface area contributed by atoms with Crippen LogP contribution in [0.3, 0.4) is 0 Å². The van der Waals surface area contributed by atoms with Crippen LogP contribution in [0.5, 0.6) is 0 Å². The maximum atomic E-state index is 12.6. The van der Waals surface area contributed by atoms with Gasteiger partial charge in [-0.3, -0.25) is 5.21 Å². The molecule has 0 saturated heterocycles. The van der Waals surface area contributed by atoms with Gasteiger partial charge >= 0.3 is 0 Å². The Labute approximate surface area is 124 Å². The van der Waals surface area contributed by atoms with Crippen molar-refractivity contribution in [2.45, 2.75) is 38.8 Å². The number of hydrogen-bond donors (Lipinski definition) is 1. The molecule has 0 aliphatic carbocycles. The minimum atomic E-state index is -0.654. The third kappa shape index (κ3) is 1.87. The van der Waals surface area contributed by atoms with Crippen LogP contribution in [0.4, 0.5) is 0 Å². The van der Waals surface area contributed by atoms with Crippen LogP contribution in [-0.2, 0) is 16.3 Å². The van der Waals surface area contributed by atoms with Crippen LogP contribution < -0.4 is 4.73 Å². The van der Waals surface area contributed by atoms with E-state index in [9.17, 15) is 10.4 Å². The van der Waals surface area contributed by atoms with Crippen molar-refractivity contribution in [1.29, 1.82) is 0 Å². The fourth-order valence-electron chi connectivity index (χ4n) is 3.28. The fraction of sp³-hybridized carbons (Fsp3) is 0.353. The van der Waals surface area contributed by atoms with Gasteiger partial charge < -0.3 is 0 Å². The molecule has 0 amide bonds. The third-order valence-corrected chi connectivity index (χ3v) is 4.47. The summed E-state index contributed by atoms with van der Waals surface area (Å²) in [5.41, 5.74) is 2.17. The summed E-state index contributed by atoms with van der Waals surface area (Å²) >= 11 is 0. The molecule has 2 aromatic rings. The van der Waals surface area contributed by atoms with Gasteiger partial charge in [-0.15, -0.1) is 10.3 Å². The molecule has 0 atom stereocenters. The number of hydroxylamine groups is 2. The summed E-state index contributed by atoms with van der Waals surface area (Å²) in [5.74, 6) is 0. The first-order chi connectivity index (χ1) is 9.76. The Balaban J connectivity index is 2.26. The minimum absolute atomic E-state index is 0.614. The molecule has 0 spiro atoms. The van der Waals surface area contributed by atoms with E-state index in [0.29, 0.717) is 5.69 Å². The molecule has 1 N–H and O–H groups in total. The molecular weight excluding hydrogens is 264 g/mol. The Kier molecular flexibility index (Phi) is 2.87. The lowest BCUT2D eigenvalue weighted by Gasteiger charge is -2.31. The van der Waals surface area contributed by atoms with E-state index >= 15 is 0 Å². The summed E-state index contributed by atoms with van der Waals surface area (Å²) < 4.78 is 1.12. The number of pyridine rings is 1. The van der Waals surface area contributed by atoms with Crippen LogP contribution in [0.15, 0.2) is 42.6 Å². The average Bonchev–Trinajstić information content (AvgIpc) is 2.58. The lowest BCUT2D eigenvalue weighted by Crippen LogP contribution is -2.41. The highest BCUT2D eigenvalue weighted by atomic mass is 16.5. The number of hydrogen-bond acceptors (Lipinski definition) is 2. The molecule has 3 rings (SSSR count). The zero-order valence-electron chi connectivity index (χ0n) is 12.8. The van der Waals surface area contributed by atoms with Crippen molar-refractivity contribution in [1.82, 2.24) is 5.06 Å². The normalized spacial score (nSPS) is 19.5. The van der Waals surface area contributed by atoms with E-state index in [-0.39, 0.29) is 0 Å². The molecule has 4 heteroatoms. The lowest BCUT2D eigenvalue weighted by molar-refractivity contribution is -0.896. The van der Waals surface area contributed by atoms with E-state index in [4.69, 9.17) is 0 Å². The highest BCUT2D eigenvalue weighted by Crippen LogP contribution is 2.48. The summed E-state index contributed by atoms with van der Waals surface area (Å²) in [6.45, 7) is 7.61. The van der Waals surface area contributed by atoms with Gasteiger partial charge in [0.1, 0.15) is 0 Å². The van der Waals surface area contributed by atoms with Crippen molar-refractivity contribution in [3.05, 3.63) is 53.7 Å². The van der Waals surface area contributed by atoms with Gasteiger partial charge in [-0.1, -0.05) is 18.2 Å². The monoisotopic (exact) mass is 284 g/mol. The molecule has 1 aromatic heterocycles. The van der Waals surface area contributed by atoms with Crippen LogP contribution in [0.1, 0.15) is 38.8 Å². The zero-order chi connectivity index (χ0) is 15.4. The molecule has 1 aromatic carbocycles. The summed E-state index contributed by atoms with van der Waals surface area (Å²) in [6, 6.07) is 11.6. The SMILES string of the molecule is CC1(C)c2cc(-c3ccccc3)[n+](O)cc2C(C)(C)N1[O]. The average molecular weight is 284 g/mol. The van der Waals surface area contributed by atoms with Crippen LogP contribution in [0.2, 0.25) is 0 Å². The number of aromatic nitrogens is 1. The molecule has 0 saturated carbocycles. The number of nitrogens with zero attached hydrogens (tertiary/aromatic N) is 2. The van der Waals surface area contributed by atoms with E-state index in [1.807, 2.05) is 64.1 Å². The van der Waals surface area contributed by atoms with E-state index in [0.717, 1.165) is 26.5 Å². The number of fused-ring (bicyclic) bond motifs is 1. The molecule has 1 aliphatic rings. The predicted octanol–water partition coefficient (Wildman–Crippen LogP) is 3.01. The van der Waals surface area contributed by atoms with Gasteiger partial charge in [-0.25, -0.2) is 0 Å². The van der Waals surface area contributed by atoms with Gasteiger partial charge in [0.05, 0.1) is 16.6 Å². The molecular formula is C17H20N2O2+. The second kappa shape index (κ2) is 4.29. The summed E-state index contributed by atoms with van der Waals surface area (Å²) in [6.07, 6.45) is 1.66. The fourth-order valence-corrected chi connectivity index (χ4v) is 3.28. The maximum absolute atomic E-state index is 12.6. The lowest BCUT2D eigenvalue weighted by atomic mass is 9.91. The molecule has 0 unspecified atom stereocenters. The Morgan fingerprint density at radius 3 is 2.19 bits per heavy atom. The Hall–Kier alpha value is -1.91. The highest BCUT2D eigenvalue weighted by Gasteiger charge is 2.52. The van der Waals surface area contributed by atoms with Gasteiger partial charge in [-0.2, -0.15) is 0 Å². The molecule has 21 heavy (non-hydrogen) atoms. The first kappa shape index (κ1) is 14.0. The van der Waals surface area contributed by atoms with E-state index in [1.54, 1.807) is 6.20 Å². The first-order valence-corrected chi connectivity index (χ1v) is 7.09. The molecule has 109 valence electrons. The summed E-state index contributed by atoms with van der Waals surface area (Å²) in [5, 5.41) is 24.0. The molecule has 1 radical (unpaired) electrons. The van der Waals surface area contributed by atoms with E-state index < -0.39 is 11.1 Å². The van der Waals surface area contributed by atoms with Crippen LogP contribution in [0.25, 0.3) is 11.3 Å². The van der Waals surface area contributed by atoms with Crippen molar-refractivity contribution < 1.29 is 15.1 Å². The maximum Gasteiger partial charge on any atom is 0.264 e. The zero-order valence-corrected chi connectivity index (χ0v) is 12.8. The number of rotatable bonds is 1. The van der Waals surface area contributed by atoms with Crippen molar-refractivity contribution in [3.8, 4) is 11.3 Å². The topological polar surface area (TPSA) is 47.2 Å². The van der Waals surface area contributed by atoms with Gasteiger partial charge in [0.2, 0.25) is 6.20 Å². The molecule has 1 aliphatic heterocycles. The van der Waals surface area contributed by atoms with Crippen molar-refractivity contribution >= 4 is 0 Å². The molecule has 4 nitrogen and oxygen atoms in total. The largest absolute Gasteiger partial charge is 0.285 e.